The van der Waals surface area contributed by atoms with Gasteiger partial charge in [-0.1, -0.05) is 6.08 Å². The molecule has 0 amide bonds. The molecular formula is C9H16O3. The van der Waals surface area contributed by atoms with Gasteiger partial charge in [-0.2, -0.15) is 0 Å². The van der Waals surface area contributed by atoms with E-state index < -0.39 is 11.4 Å². The number of aliphatic hydroxyl groups excluding tert-OH is 1. The van der Waals surface area contributed by atoms with Crippen molar-refractivity contribution >= 4 is 0 Å². The largest absolute Gasteiger partial charge is 0.396 e. The van der Waals surface area contributed by atoms with Crippen molar-refractivity contribution in [1.29, 1.82) is 0 Å². The summed E-state index contributed by atoms with van der Waals surface area (Å²) in [5, 5.41) is 8.81. The Balaban J connectivity index is 2.65. The fourth-order valence-corrected chi connectivity index (χ4v) is 1.36. The molecule has 1 heterocycles. The van der Waals surface area contributed by atoms with Crippen molar-refractivity contribution in [3.05, 3.63) is 12.7 Å². The third-order valence-electron chi connectivity index (χ3n) is 2.02. The summed E-state index contributed by atoms with van der Waals surface area (Å²) >= 11 is 0. The average molecular weight is 172 g/mol. The zero-order valence-corrected chi connectivity index (χ0v) is 7.67. The van der Waals surface area contributed by atoms with E-state index in [1.54, 1.807) is 6.08 Å². The standard InChI is InChI=1S/C9H16O3/c1-4-9(5-6-10)7-11-8(2,3)12-9/h4,10H,1,5-7H2,2-3H3/t9-/m1/s1. The zero-order chi connectivity index (χ0) is 9.24. The van der Waals surface area contributed by atoms with Gasteiger partial charge in [0.05, 0.1) is 6.61 Å². The smallest absolute Gasteiger partial charge is 0.164 e. The van der Waals surface area contributed by atoms with Crippen LogP contribution in [0.5, 0.6) is 0 Å². The van der Waals surface area contributed by atoms with Crippen molar-refractivity contribution in [2.75, 3.05) is 13.2 Å². The number of rotatable bonds is 3. The first-order valence-corrected chi connectivity index (χ1v) is 4.12. The molecule has 3 nitrogen and oxygen atoms in total. The first-order chi connectivity index (χ1) is 5.54. The Hall–Kier alpha value is -0.380. The van der Waals surface area contributed by atoms with Crippen LogP contribution in [0.3, 0.4) is 0 Å². The Labute approximate surface area is 73.0 Å². The summed E-state index contributed by atoms with van der Waals surface area (Å²) in [7, 11) is 0. The fraction of sp³-hybridized carbons (Fsp3) is 0.778. The molecule has 1 fully saturated rings. The van der Waals surface area contributed by atoms with Crippen LogP contribution in [0.15, 0.2) is 12.7 Å². The van der Waals surface area contributed by atoms with E-state index in [0.29, 0.717) is 13.0 Å². The minimum absolute atomic E-state index is 0.0888. The summed E-state index contributed by atoms with van der Waals surface area (Å²) < 4.78 is 11.0. The molecular weight excluding hydrogens is 156 g/mol. The summed E-state index contributed by atoms with van der Waals surface area (Å²) in [6.45, 7) is 7.96. The highest BCUT2D eigenvalue weighted by molar-refractivity contribution is 5.01. The van der Waals surface area contributed by atoms with E-state index in [1.165, 1.54) is 0 Å². The molecule has 1 atom stereocenters. The summed E-state index contributed by atoms with van der Waals surface area (Å²) in [6, 6.07) is 0. The van der Waals surface area contributed by atoms with Gasteiger partial charge in [0.2, 0.25) is 0 Å². The van der Waals surface area contributed by atoms with E-state index in [-0.39, 0.29) is 6.61 Å². The van der Waals surface area contributed by atoms with Crippen LogP contribution in [-0.2, 0) is 9.47 Å². The topological polar surface area (TPSA) is 38.7 Å². The quantitative estimate of drug-likeness (QED) is 0.647. The summed E-state index contributed by atoms with van der Waals surface area (Å²) in [4.78, 5) is 0. The molecule has 1 N–H and O–H groups in total. The Morgan fingerprint density at radius 2 is 2.25 bits per heavy atom. The molecule has 0 aromatic rings. The van der Waals surface area contributed by atoms with Gasteiger partial charge in [-0.3, -0.25) is 0 Å². The van der Waals surface area contributed by atoms with Crippen molar-refractivity contribution in [1.82, 2.24) is 0 Å². The van der Waals surface area contributed by atoms with Gasteiger partial charge in [-0.05, 0) is 13.8 Å². The predicted molar refractivity (Wildman–Crippen MR) is 45.7 cm³/mol. The van der Waals surface area contributed by atoms with Crippen LogP contribution < -0.4 is 0 Å². The van der Waals surface area contributed by atoms with Crippen LogP contribution >= 0.6 is 0 Å². The van der Waals surface area contributed by atoms with E-state index >= 15 is 0 Å². The van der Waals surface area contributed by atoms with Crippen molar-refractivity contribution in [2.45, 2.75) is 31.7 Å². The lowest BCUT2D eigenvalue weighted by Gasteiger charge is -2.24. The first kappa shape index (κ1) is 9.71. The molecule has 70 valence electrons. The maximum Gasteiger partial charge on any atom is 0.164 e. The average Bonchev–Trinajstić information content (AvgIpc) is 2.29. The second-order valence-electron chi connectivity index (χ2n) is 3.53. The number of hydrogen-bond donors (Lipinski definition) is 1. The van der Waals surface area contributed by atoms with E-state index in [1.807, 2.05) is 13.8 Å². The normalized spacial score (nSPS) is 33.6. The monoisotopic (exact) mass is 172 g/mol. The van der Waals surface area contributed by atoms with E-state index in [2.05, 4.69) is 6.58 Å². The van der Waals surface area contributed by atoms with Crippen molar-refractivity contribution in [3.8, 4) is 0 Å². The summed E-state index contributed by atoms with van der Waals surface area (Å²) in [5.41, 5.74) is -0.488. The Kier molecular flexibility index (Phi) is 2.56. The number of aliphatic hydroxyl groups is 1. The highest BCUT2D eigenvalue weighted by Gasteiger charge is 2.42. The Morgan fingerprint density at radius 1 is 1.58 bits per heavy atom. The molecule has 1 aliphatic rings. The highest BCUT2D eigenvalue weighted by atomic mass is 16.8. The molecule has 0 radical (unpaired) electrons. The third kappa shape index (κ3) is 1.86. The van der Waals surface area contributed by atoms with E-state index in [9.17, 15) is 0 Å². The van der Waals surface area contributed by atoms with Gasteiger partial charge in [-0.25, -0.2) is 0 Å². The van der Waals surface area contributed by atoms with Gasteiger partial charge < -0.3 is 14.6 Å². The first-order valence-electron chi connectivity index (χ1n) is 4.12. The van der Waals surface area contributed by atoms with Crippen LogP contribution in [0.2, 0.25) is 0 Å². The van der Waals surface area contributed by atoms with E-state index in [0.717, 1.165) is 0 Å². The van der Waals surface area contributed by atoms with Gasteiger partial charge in [-0.15, -0.1) is 6.58 Å². The molecule has 3 heteroatoms. The van der Waals surface area contributed by atoms with Gasteiger partial charge in [0.25, 0.3) is 0 Å². The second-order valence-corrected chi connectivity index (χ2v) is 3.53. The van der Waals surface area contributed by atoms with Crippen LogP contribution in [0.25, 0.3) is 0 Å². The fourth-order valence-electron chi connectivity index (χ4n) is 1.36. The molecule has 1 rings (SSSR count). The lowest BCUT2D eigenvalue weighted by molar-refractivity contribution is -0.153. The minimum Gasteiger partial charge on any atom is -0.396 e. The van der Waals surface area contributed by atoms with Gasteiger partial charge in [0.15, 0.2) is 5.79 Å². The zero-order valence-electron chi connectivity index (χ0n) is 7.67. The summed E-state index contributed by atoms with van der Waals surface area (Å²) in [6.07, 6.45) is 2.25. The lowest BCUT2D eigenvalue weighted by Crippen LogP contribution is -2.32. The minimum atomic E-state index is -0.552. The molecule has 0 aromatic heterocycles. The molecule has 0 unspecified atom stereocenters. The molecule has 0 bridgehead atoms. The second kappa shape index (κ2) is 3.17. The SMILES string of the molecule is C=C[C@@]1(CCO)COC(C)(C)O1. The third-order valence-corrected chi connectivity index (χ3v) is 2.02. The van der Waals surface area contributed by atoms with Gasteiger partial charge in [0.1, 0.15) is 5.60 Å². The van der Waals surface area contributed by atoms with Crippen LogP contribution in [0.1, 0.15) is 20.3 Å². The maximum absolute atomic E-state index is 8.81. The van der Waals surface area contributed by atoms with Crippen molar-refractivity contribution in [2.24, 2.45) is 0 Å². The van der Waals surface area contributed by atoms with Gasteiger partial charge >= 0.3 is 0 Å². The molecule has 0 aromatic carbocycles. The molecule has 1 saturated heterocycles. The van der Waals surface area contributed by atoms with Crippen molar-refractivity contribution in [3.63, 3.8) is 0 Å². The maximum atomic E-state index is 8.81. The van der Waals surface area contributed by atoms with Crippen molar-refractivity contribution < 1.29 is 14.6 Å². The molecule has 0 spiro atoms. The van der Waals surface area contributed by atoms with E-state index in [4.69, 9.17) is 14.6 Å². The molecule has 12 heavy (non-hydrogen) atoms. The number of hydrogen-bond acceptors (Lipinski definition) is 3. The molecule has 1 aliphatic heterocycles. The predicted octanol–water partition coefficient (Wildman–Crippen LogP) is 1.08. The van der Waals surface area contributed by atoms with Crippen LogP contribution in [0.4, 0.5) is 0 Å². The highest BCUT2D eigenvalue weighted by Crippen LogP contribution is 2.33. The molecule has 0 saturated carbocycles. The lowest BCUT2D eigenvalue weighted by atomic mass is 10.0. The Morgan fingerprint density at radius 3 is 2.58 bits per heavy atom. The van der Waals surface area contributed by atoms with Crippen LogP contribution in [0, 0.1) is 0 Å². The molecule has 0 aliphatic carbocycles. The van der Waals surface area contributed by atoms with Crippen LogP contribution in [-0.4, -0.2) is 29.7 Å². The van der Waals surface area contributed by atoms with Gasteiger partial charge in [0, 0.05) is 13.0 Å². The Bertz CT molecular complexity index is 177. The summed E-state index contributed by atoms with van der Waals surface area (Å²) in [5.74, 6) is -0.552. The number of ether oxygens (including phenoxy) is 2.